The zero-order chi connectivity index (χ0) is 22.2. The molecule has 0 amide bonds. The Hall–Kier alpha value is -2.88. The van der Waals surface area contributed by atoms with E-state index < -0.39 is 11.9 Å². The van der Waals surface area contributed by atoms with Crippen LogP contribution in [0.2, 0.25) is 0 Å². The van der Waals surface area contributed by atoms with E-state index in [9.17, 15) is 9.59 Å². The molecule has 2 aromatic heterocycles. The molecule has 0 atom stereocenters. The number of nitrogen functional groups attached to an aromatic ring is 1. The van der Waals surface area contributed by atoms with Crippen molar-refractivity contribution in [2.24, 2.45) is 0 Å². The fraction of sp³-hybridized carbons (Fsp3) is 0.476. The van der Waals surface area contributed by atoms with Crippen LogP contribution in [-0.2, 0) is 32.9 Å². The van der Waals surface area contributed by atoms with Crippen LogP contribution >= 0.6 is 11.8 Å². The number of aryl methyl sites for hydroxylation is 2. The number of pyridine rings is 1. The summed E-state index contributed by atoms with van der Waals surface area (Å²) < 4.78 is 10.8. The van der Waals surface area contributed by atoms with Crippen molar-refractivity contribution < 1.29 is 24.2 Å². The number of rotatable bonds is 11. The highest BCUT2D eigenvalue weighted by molar-refractivity contribution is 7.98. The molecule has 0 radical (unpaired) electrons. The average molecular weight is 447 g/mol. The van der Waals surface area contributed by atoms with Gasteiger partial charge in [-0.2, -0.15) is 4.98 Å². The van der Waals surface area contributed by atoms with Gasteiger partial charge in [0.15, 0.2) is 5.16 Å². The van der Waals surface area contributed by atoms with Crippen LogP contribution in [0.15, 0.2) is 17.4 Å². The molecule has 10 heteroatoms. The number of carbonyl (C=O) groups is 2. The maximum atomic E-state index is 11.8. The van der Waals surface area contributed by atoms with Gasteiger partial charge in [0.1, 0.15) is 5.82 Å². The number of aliphatic carboxylic acids is 1. The van der Waals surface area contributed by atoms with Gasteiger partial charge in [-0.1, -0.05) is 11.8 Å². The van der Waals surface area contributed by atoms with E-state index in [4.69, 9.17) is 20.3 Å². The second-order valence-corrected chi connectivity index (χ2v) is 8.19. The summed E-state index contributed by atoms with van der Waals surface area (Å²) in [7, 11) is 0. The molecule has 0 aliphatic heterocycles. The molecular formula is C21H26N4O5S. The van der Waals surface area contributed by atoms with Gasteiger partial charge in [-0.3, -0.25) is 9.59 Å². The number of hydrogen-bond donors (Lipinski definition) is 2. The lowest BCUT2D eigenvalue weighted by atomic mass is 10.2. The van der Waals surface area contributed by atoms with Crippen molar-refractivity contribution in [2.45, 2.75) is 62.8 Å². The molecule has 0 fully saturated rings. The van der Waals surface area contributed by atoms with Crippen LogP contribution in [0.5, 0.6) is 5.88 Å². The monoisotopic (exact) mass is 446 g/mol. The number of anilines is 1. The normalized spacial score (nSPS) is 12.4. The van der Waals surface area contributed by atoms with Crippen molar-refractivity contribution in [3.8, 4) is 5.88 Å². The number of carboxylic acids is 1. The Morgan fingerprint density at radius 3 is 2.81 bits per heavy atom. The predicted molar refractivity (Wildman–Crippen MR) is 115 cm³/mol. The van der Waals surface area contributed by atoms with Crippen LogP contribution in [0, 0.1) is 6.92 Å². The number of hydrogen-bond acceptors (Lipinski definition) is 9. The largest absolute Gasteiger partial charge is 0.481 e. The van der Waals surface area contributed by atoms with Gasteiger partial charge in [0.25, 0.3) is 0 Å². The zero-order valence-electron chi connectivity index (χ0n) is 17.4. The van der Waals surface area contributed by atoms with E-state index in [0.29, 0.717) is 35.4 Å². The number of ether oxygens (including phenoxy) is 2. The molecule has 3 N–H and O–H groups in total. The first-order chi connectivity index (χ1) is 14.9. The molecule has 0 aromatic carbocycles. The Kier molecular flexibility index (Phi) is 8.05. The van der Waals surface area contributed by atoms with E-state index in [1.165, 1.54) is 11.8 Å². The van der Waals surface area contributed by atoms with Crippen LogP contribution in [0.4, 0.5) is 5.82 Å². The number of aromatic nitrogens is 3. The van der Waals surface area contributed by atoms with Crippen molar-refractivity contribution in [2.75, 3.05) is 12.5 Å². The van der Waals surface area contributed by atoms with Crippen molar-refractivity contribution in [1.29, 1.82) is 0 Å². The van der Waals surface area contributed by atoms with Gasteiger partial charge < -0.3 is 20.3 Å². The number of esters is 1. The smallest absolute Gasteiger partial charge is 0.308 e. The Balaban J connectivity index is 1.56. The van der Waals surface area contributed by atoms with Crippen LogP contribution in [-0.4, -0.2) is 38.8 Å². The molecule has 2 aromatic rings. The molecule has 0 saturated carbocycles. The summed E-state index contributed by atoms with van der Waals surface area (Å²) in [6.07, 6.45) is 5.45. The molecule has 3 rings (SSSR count). The lowest BCUT2D eigenvalue weighted by Gasteiger charge is -2.12. The summed E-state index contributed by atoms with van der Waals surface area (Å²) in [5.74, 6) is 0.243. The molecule has 1 aliphatic carbocycles. The molecule has 0 saturated heterocycles. The highest BCUT2D eigenvalue weighted by Gasteiger charge is 2.21. The van der Waals surface area contributed by atoms with E-state index in [2.05, 4.69) is 15.0 Å². The van der Waals surface area contributed by atoms with Gasteiger partial charge in [0.05, 0.1) is 5.69 Å². The standard InChI is InChI=1S/C21H26N4O5S/c1-13-9-10-23-19(22)15(13)11-31-21-24-16-6-4-5-14(16)20(25-21)30-12-29-18(28)8-3-2-7-17(26)27/h9-10H,2-8,11-12H2,1H3,(H2,22,23)(H,26,27). The molecule has 9 nitrogen and oxygen atoms in total. The van der Waals surface area contributed by atoms with E-state index in [-0.39, 0.29) is 19.6 Å². The SMILES string of the molecule is Cc1ccnc(N)c1CSc1nc2c(c(OCOC(=O)CCCCC(=O)O)n1)CCC2. The van der Waals surface area contributed by atoms with Gasteiger partial charge in [-0.05, 0) is 50.7 Å². The molecular weight excluding hydrogens is 420 g/mol. The Bertz CT molecular complexity index is 933. The number of unbranched alkanes of at least 4 members (excludes halogenated alkanes) is 1. The maximum absolute atomic E-state index is 11.8. The quantitative estimate of drug-likeness (QED) is 0.174. The molecule has 0 unspecified atom stereocenters. The van der Waals surface area contributed by atoms with E-state index in [1.807, 2.05) is 13.0 Å². The maximum Gasteiger partial charge on any atom is 0.308 e. The Morgan fingerprint density at radius 2 is 2.03 bits per heavy atom. The summed E-state index contributed by atoms with van der Waals surface area (Å²) in [6.45, 7) is 1.75. The van der Waals surface area contributed by atoms with E-state index >= 15 is 0 Å². The van der Waals surface area contributed by atoms with Gasteiger partial charge >= 0.3 is 11.9 Å². The van der Waals surface area contributed by atoms with Crippen LogP contribution < -0.4 is 10.5 Å². The van der Waals surface area contributed by atoms with E-state index in [1.54, 1.807) is 6.20 Å². The average Bonchev–Trinajstić information content (AvgIpc) is 3.19. The first-order valence-corrected chi connectivity index (χ1v) is 11.2. The molecule has 166 valence electrons. The third-order valence-corrected chi connectivity index (χ3v) is 5.85. The van der Waals surface area contributed by atoms with Crippen LogP contribution in [0.1, 0.15) is 54.5 Å². The first kappa shape index (κ1) is 22.8. The van der Waals surface area contributed by atoms with Crippen molar-refractivity contribution in [1.82, 2.24) is 15.0 Å². The minimum absolute atomic E-state index is 0.0432. The number of nitrogens with two attached hydrogens (primary N) is 1. The van der Waals surface area contributed by atoms with Crippen molar-refractivity contribution >= 4 is 29.5 Å². The minimum atomic E-state index is -0.871. The molecule has 0 spiro atoms. The molecule has 31 heavy (non-hydrogen) atoms. The lowest BCUT2D eigenvalue weighted by molar-refractivity contribution is -0.150. The minimum Gasteiger partial charge on any atom is -0.481 e. The Morgan fingerprint density at radius 1 is 1.23 bits per heavy atom. The molecule has 1 aliphatic rings. The third kappa shape index (κ3) is 6.55. The van der Waals surface area contributed by atoms with Gasteiger partial charge in [0.2, 0.25) is 12.7 Å². The summed E-state index contributed by atoms with van der Waals surface area (Å²) in [6, 6.07) is 1.92. The number of nitrogens with zero attached hydrogens (tertiary/aromatic N) is 3. The van der Waals surface area contributed by atoms with Crippen molar-refractivity contribution in [3.05, 3.63) is 34.6 Å². The van der Waals surface area contributed by atoms with Crippen LogP contribution in [0.25, 0.3) is 0 Å². The first-order valence-electron chi connectivity index (χ1n) is 10.2. The van der Waals surface area contributed by atoms with Gasteiger partial charge in [0, 0.05) is 35.9 Å². The summed E-state index contributed by atoms with van der Waals surface area (Å²) in [5.41, 5.74) is 9.93. The molecule has 2 heterocycles. The highest BCUT2D eigenvalue weighted by atomic mass is 32.2. The molecule has 0 bridgehead atoms. The van der Waals surface area contributed by atoms with E-state index in [0.717, 1.165) is 41.6 Å². The summed E-state index contributed by atoms with van der Waals surface area (Å²) in [4.78, 5) is 35.6. The fourth-order valence-corrected chi connectivity index (χ4v) is 4.23. The Labute approximate surface area is 184 Å². The number of carbonyl (C=O) groups excluding carboxylic acids is 1. The number of thioether (sulfide) groups is 1. The van der Waals surface area contributed by atoms with Crippen LogP contribution in [0.3, 0.4) is 0 Å². The topological polar surface area (TPSA) is 138 Å². The predicted octanol–water partition coefficient (Wildman–Crippen LogP) is 3.07. The van der Waals surface area contributed by atoms with Gasteiger partial charge in [-0.15, -0.1) is 0 Å². The van der Waals surface area contributed by atoms with Crippen molar-refractivity contribution in [3.63, 3.8) is 0 Å². The fourth-order valence-electron chi connectivity index (χ4n) is 3.26. The second kappa shape index (κ2) is 10.9. The highest BCUT2D eigenvalue weighted by Crippen LogP contribution is 2.32. The third-order valence-electron chi connectivity index (χ3n) is 4.98. The number of fused-ring (bicyclic) bond motifs is 1. The van der Waals surface area contributed by atoms with Gasteiger partial charge in [-0.25, -0.2) is 9.97 Å². The second-order valence-electron chi connectivity index (χ2n) is 7.25. The summed E-state index contributed by atoms with van der Waals surface area (Å²) in [5, 5.41) is 9.20. The zero-order valence-corrected chi connectivity index (χ0v) is 18.2. The summed E-state index contributed by atoms with van der Waals surface area (Å²) >= 11 is 1.46. The lowest BCUT2D eigenvalue weighted by Crippen LogP contribution is -2.12. The number of carboxylic acid groups (broad SMARTS) is 1.